The van der Waals surface area contributed by atoms with Crippen LogP contribution in [0.2, 0.25) is 0 Å². The molecule has 1 unspecified atom stereocenters. The van der Waals surface area contributed by atoms with E-state index < -0.39 is 18.4 Å². The number of piperidine rings is 1. The minimum atomic E-state index is -4.76. The molecular weight excluding hydrogens is 568 g/mol. The molecule has 1 N–H and O–H groups in total. The number of hydrogen-bond acceptors (Lipinski definition) is 6. The zero-order valence-electron chi connectivity index (χ0n) is 22.7. The first kappa shape index (κ1) is 31.9. The number of nitrogens with zero attached hydrogens (tertiary/aromatic N) is 1. The third kappa shape index (κ3) is 8.67. The van der Waals surface area contributed by atoms with E-state index in [-0.39, 0.29) is 23.1 Å². The van der Waals surface area contributed by atoms with Gasteiger partial charge in [0.15, 0.2) is 0 Å². The van der Waals surface area contributed by atoms with Gasteiger partial charge in [-0.3, -0.25) is 9.36 Å². The predicted octanol–water partition coefficient (Wildman–Crippen LogP) is 8.02. The Morgan fingerprint density at radius 2 is 1.67 bits per heavy atom. The van der Waals surface area contributed by atoms with Crippen molar-refractivity contribution in [2.45, 2.75) is 64.4 Å². The van der Waals surface area contributed by atoms with Crippen molar-refractivity contribution in [1.29, 1.82) is 0 Å². The first-order chi connectivity index (χ1) is 18.0. The van der Waals surface area contributed by atoms with Gasteiger partial charge in [-0.15, -0.1) is 24.8 Å². The zero-order chi connectivity index (χ0) is 29.1. The SMILES string of the molecule is CC(C)(C)COP(=O)(N1CCC(NC(=O)c2cccc(-c3ccc(OC(F)(F)F)cc3)c2)CC1)C(C)(C)SS. The summed E-state index contributed by atoms with van der Waals surface area (Å²) in [6.07, 6.45) is -3.53. The fraction of sp³-hybridized carbons (Fsp3) is 0.519. The van der Waals surface area contributed by atoms with E-state index in [9.17, 15) is 22.5 Å². The van der Waals surface area contributed by atoms with Crippen molar-refractivity contribution in [2.24, 2.45) is 5.41 Å². The van der Waals surface area contributed by atoms with Crippen LogP contribution in [0.3, 0.4) is 0 Å². The van der Waals surface area contributed by atoms with Gasteiger partial charge in [0.2, 0.25) is 0 Å². The van der Waals surface area contributed by atoms with Gasteiger partial charge in [0, 0.05) is 24.7 Å². The molecule has 0 saturated carbocycles. The average Bonchev–Trinajstić information content (AvgIpc) is 2.86. The molecule has 0 spiro atoms. The second-order valence-corrected chi connectivity index (χ2v) is 16.3. The Labute approximate surface area is 237 Å². The van der Waals surface area contributed by atoms with Crippen molar-refractivity contribution in [2.75, 3.05) is 19.7 Å². The van der Waals surface area contributed by atoms with Crippen LogP contribution in [0.5, 0.6) is 5.75 Å². The molecule has 12 heteroatoms. The minimum absolute atomic E-state index is 0.0981. The number of amides is 1. The van der Waals surface area contributed by atoms with Crippen molar-refractivity contribution >= 4 is 35.9 Å². The van der Waals surface area contributed by atoms with Gasteiger partial charge in [0.1, 0.15) is 10.2 Å². The smallest absolute Gasteiger partial charge is 0.406 e. The van der Waals surface area contributed by atoms with Gasteiger partial charge in [-0.25, -0.2) is 4.67 Å². The monoisotopic (exact) mass is 604 g/mol. The Balaban J connectivity index is 1.64. The second kappa shape index (κ2) is 12.5. The van der Waals surface area contributed by atoms with Crippen LogP contribution in [0.1, 0.15) is 57.8 Å². The van der Waals surface area contributed by atoms with Crippen LogP contribution < -0.4 is 10.1 Å². The number of thiol groups is 1. The van der Waals surface area contributed by atoms with Crippen LogP contribution in [-0.4, -0.2) is 47.2 Å². The molecule has 1 fully saturated rings. The molecule has 2 aromatic rings. The molecule has 1 heterocycles. The summed E-state index contributed by atoms with van der Waals surface area (Å²) >= 11 is 4.37. The number of alkyl halides is 3. The van der Waals surface area contributed by atoms with Crippen LogP contribution >= 0.6 is 30.0 Å². The maximum atomic E-state index is 14.2. The fourth-order valence-electron chi connectivity index (χ4n) is 4.14. The summed E-state index contributed by atoms with van der Waals surface area (Å²) in [6, 6.07) is 12.3. The maximum Gasteiger partial charge on any atom is 0.573 e. The van der Waals surface area contributed by atoms with Gasteiger partial charge < -0.3 is 14.6 Å². The molecule has 1 aliphatic rings. The van der Waals surface area contributed by atoms with E-state index in [0.717, 1.165) is 0 Å². The molecule has 6 nitrogen and oxygen atoms in total. The maximum absolute atomic E-state index is 14.2. The molecular formula is C27H36F3N2O4PS2. The molecule has 1 saturated heterocycles. The lowest BCUT2D eigenvalue weighted by atomic mass is 9.99. The van der Waals surface area contributed by atoms with Crippen LogP contribution in [-0.2, 0) is 9.09 Å². The summed E-state index contributed by atoms with van der Waals surface area (Å²) < 4.78 is 62.7. The van der Waals surface area contributed by atoms with Crippen LogP contribution in [0, 0.1) is 5.41 Å². The molecule has 1 atom stereocenters. The first-order valence-electron chi connectivity index (χ1n) is 12.6. The van der Waals surface area contributed by atoms with E-state index >= 15 is 0 Å². The summed E-state index contributed by atoms with van der Waals surface area (Å²) in [7, 11) is -2.01. The lowest BCUT2D eigenvalue weighted by Gasteiger charge is -2.43. The minimum Gasteiger partial charge on any atom is -0.406 e. The lowest BCUT2D eigenvalue weighted by molar-refractivity contribution is -0.274. The van der Waals surface area contributed by atoms with E-state index in [1.165, 1.54) is 35.1 Å². The summed E-state index contributed by atoms with van der Waals surface area (Å²) in [5, 5.41) is 3.07. The van der Waals surface area contributed by atoms with Crippen LogP contribution in [0.25, 0.3) is 11.1 Å². The average molecular weight is 605 g/mol. The summed E-state index contributed by atoms with van der Waals surface area (Å²) in [6.45, 7) is 11.2. The third-order valence-electron chi connectivity index (χ3n) is 6.30. The molecule has 0 aliphatic carbocycles. The Bertz CT molecular complexity index is 1180. The molecule has 1 aliphatic heterocycles. The predicted molar refractivity (Wildman–Crippen MR) is 154 cm³/mol. The number of hydrogen-bond donors (Lipinski definition) is 2. The van der Waals surface area contributed by atoms with Gasteiger partial charge >= 0.3 is 6.36 Å². The molecule has 216 valence electrons. The first-order valence-corrected chi connectivity index (χ1v) is 16.1. The number of benzene rings is 2. The van der Waals surface area contributed by atoms with E-state index in [1.54, 1.807) is 24.3 Å². The summed E-state index contributed by atoms with van der Waals surface area (Å²) in [4.78, 5) is 13.0. The Kier molecular flexibility index (Phi) is 10.2. The zero-order valence-corrected chi connectivity index (χ0v) is 25.4. The van der Waals surface area contributed by atoms with Crippen molar-refractivity contribution < 1.29 is 31.8 Å². The van der Waals surface area contributed by atoms with Crippen LogP contribution in [0.15, 0.2) is 48.5 Å². The van der Waals surface area contributed by atoms with Crippen molar-refractivity contribution in [3.63, 3.8) is 0 Å². The number of rotatable bonds is 9. The highest BCUT2D eigenvalue weighted by Crippen LogP contribution is 2.67. The molecule has 3 rings (SSSR count). The largest absolute Gasteiger partial charge is 0.573 e. The molecule has 0 bridgehead atoms. The molecule has 0 radical (unpaired) electrons. The van der Waals surface area contributed by atoms with Gasteiger partial charge in [0.25, 0.3) is 13.4 Å². The molecule has 1 amide bonds. The lowest BCUT2D eigenvalue weighted by Crippen LogP contribution is -2.45. The summed E-state index contributed by atoms with van der Waals surface area (Å²) in [5.41, 5.74) is 1.65. The second-order valence-electron chi connectivity index (χ2n) is 11.2. The van der Waals surface area contributed by atoms with E-state index in [1.807, 2.05) is 39.3 Å². The normalized spacial score (nSPS) is 17.5. The van der Waals surface area contributed by atoms with Crippen molar-refractivity contribution in [1.82, 2.24) is 9.99 Å². The standard InChI is InChI=1S/C27H36F3N2O4PS2/c1-25(2,3)18-35-37(34,26(4,5)39-38)32-15-13-22(14-16-32)31-24(33)21-8-6-7-20(17-21)19-9-11-23(12-10-19)36-27(28,29)30/h6-12,17,22,38H,13-16,18H2,1-5H3,(H,31,33). The Morgan fingerprint density at radius 3 is 2.21 bits per heavy atom. The molecule has 39 heavy (non-hydrogen) atoms. The number of halogens is 3. The van der Waals surface area contributed by atoms with E-state index in [2.05, 4.69) is 21.7 Å². The summed E-state index contributed by atoms with van der Waals surface area (Å²) in [5.74, 6) is -0.554. The highest BCUT2D eigenvalue weighted by Gasteiger charge is 2.48. The highest BCUT2D eigenvalue weighted by molar-refractivity contribution is 8.70. The number of carbonyl (C=O) groups is 1. The Hall–Kier alpha value is -1.65. The molecule has 0 aromatic heterocycles. The van der Waals surface area contributed by atoms with Crippen molar-refractivity contribution in [3.8, 4) is 16.9 Å². The number of ether oxygens (including phenoxy) is 1. The van der Waals surface area contributed by atoms with E-state index in [0.29, 0.717) is 49.2 Å². The van der Waals surface area contributed by atoms with Crippen molar-refractivity contribution in [3.05, 3.63) is 54.1 Å². The van der Waals surface area contributed by atoms with E-state index in [4.69, 9.17) is 4.52 Å². The quantitative estimate of drug-likeness (QED) is 0.172. The highest BCUT2D eigenvalue weighted by atomic mass is 33.1. The fourth-order valence-corrected chi connectivity index (χ4v) is 8.46. The van der Waals surface area contributed by atoms with Crippen LogP contribution in [0.4, 0.5) is 13.2 Å². The topological polar surface area (TPSA) is 67.9 Å². The van der Waals surface area contributed by atoms with Gasteiger partial charge in [-0.05, 0) is 67.5 Å². The Morgan fingerprint density at radius 1 is 1.05 bits per heavy atom. The van der Waals surface area contributed by atoms with Gasteiger partial charge in [-0.1, -0.05) is 55.8 Å². The molecule has 2 aromatic carbocycles. The number of carbonyl (C=O) groups excluding carboxylic acids is 1. The van der Waals surface area contributed by atoms with Gasteiger partial charge in [-0.2, -0.15) is 0 Å². The third-order valence-corrected chi connectivity index (χ3v) is 12.5. The number of nitrogens with one attached hydrogen (secondary N) is 1. The van der Waals surface area contributed by atoms with Gasteiger partial charge in [0.05, 0.1) is 6.61 Å².